The van der Waals surface area contributed by atoms with E-state index in [0.717, 1.165) is 4.41 Å². The molecular formula is C9H11BrN2O3S. The van der Waals surface area contributed by atoms with Crippen molar-refractivity contribution in [2.75, 3.05) is 14.1 Å². The summed E-state index contributed by atoms with van der Waals surface area (Å²) in [5, 5.41) is 11.2. The van der Waals surface area contributed by atoms with E-state index in [0.29, 0.717) is 10.0 Å². The zero-order valence-electron chi connectivity index (χ0n) is 8.75. The Morgan fingerprint density at radius 1 is 1.38 bits per heavy atom. The zero-order chi connectivity index (χ0) is 12.1. The Bertz CT molecular complexity index is 532. The van der Waals surface area contributed by atoms with Gasteiger partial charge in [-0.2, -0.15) is 5.01 Å². The molecule has 1 heterocycles. The molecule has 1 aliphatic heterocycles. The van der Waals surface area contributed by atoms with E-state index in [2.05, 4.69) is 15.9 Å². The van der Waals surface area contributed by atoms with Gasteiger partial charge in [0.15, 0.2) is 0 Å². The molecule has 1 aromatic carbocycles. The van der Waals surface area contributed by atoms with Crippen molar-refractivity contribution in [3.8, 4) is 0 Å². The molecule has 0 saturated heterocycles. The number of hydrogen-bond acceptors (Lipinski definition) is 4. The first-order valence-electron chi connectivity index (χ1n) is 4.55. The third-order valence-corrected chi connectivity index (χ3v) is 5.53. The zero-order valence-corrected chi connectivity index (χ0v) is 11.2. The summed E-state index contributed by atoms with van der Waals surface area (Å²) in [5.74, 6) is 0. The molecular weight excluding hydrogens is 296 g/mol. The normalized spacial score (nSPS) is 25.4. The molecule has 5 nitrogen and oxygen atoms in total. The molecule has 2 rings (SSSR count). The van der Waals surface area contributed by atoms with E-state index in [9.17, 15) is 13.5 Å². The van der Waals surface area contributed by atoms with E-state index in [1.807, 2.05) is 0 Å². The lowest BCUT2D eigenvalue weighted by Gasteiger charge is -2.37. The Labute approximate surface area is 102 Å². The van der Waals surface area contributed by atoms with Crippen molar-refractivity contribution in [2.45, 2.75) is 11.1 Å². The number of halogens is 1. The number of nitrogens with zero attached hydrogens (tertiary/aromatic N) is 2. The molecule has 7 heteroatoms. The summed E-state index contributed by atoms with van der Waals surface area (Å²) in [6.45, 7) is 0. The average Bonchev–Trinajstić information content (AvgIpc) is 2.23. The molecule has 0 fully saturated rings. The largest absolute Gasteiger partial charge is 0.373 e. The lowest BCUT2D eigenvalue weighted by atomic mass is 10.2. The van der Waals surface area contributed by atoms with Crippen molar-refractivity contribution in [1.29, 1.82) is 0 Å². The van der Waals surface area contributed by atoms with Crippen molar-refractivity contribution < 1.29 is 13.5 Å². The van der Waals surface area contributed by atoms with E-state index in [4.69, 9.17) is 0 Å². The van der Waals surface area contributed by atoms with Crippen LogP contribution in [-0.2, 0) is 10.0 Å². The van der Waals surface area contributed by atoms with Crippen LogP contribution in [0.1, 0.15) is 11.8 Å². The van der Waals surface area contributed by atoms with Gasteiger partial charge in [0, 0.05) is 24.1 Å². The van der Waals surface area contributed by atoms with E-state index in [-0.39, 0.29) is 4.90 Å². The van der Waals surface area contributed by atoms with Crippen LogP contribution in [-0.4, -0.2) is 37.0 Å². The van der Waals surface area contributed by atoms with Crippen LogP contribution >= 0.6 is 15.9 Å². The number of sulfonamides is 1. The number of aliphatic hydroxyl groups is 1. The first kappa shape index (κ1) is 12.0. The van der Waals surface area contributed by atoms with Crippen LogP contribution in [0.3, 0.4) is 0 Å². The quantitative estimate of drug-likeness (QED) is 0.774. The molecule has 1 unspecified atom stereocenters. The summed E-state index contributed by atoms with van der Waals surface area (Å²) in [5.41, 5.74) is 0.384. The summed E-state index contributed by atoms with van der Waals surface area (Å²) in [4.78, 5) is 0.128. The summed E-state index contributed by atoms with van der Waals surface area (Å²) < 4.78 is 25.7. The predicted octanol–water partition coefficient (Wildman–Crippen LogP) is 0.921. The van der Waals surface area contributed by atoms with Gasteiger partial charge in [-0.05, 0) is 22.0 Å². The average molecular weight is 307 g/mol. The van der Waals surface area contributed by atoms with Crippen molar-refractivity contribution in [2.24, 2.45) is 0 Å². The van der Waals surface area contributed by atoms with Gasteiger partial charge < -0.3 is 5.11 Å². The monoisotopic (exact) mass is 306 g/mol. The van der Waals surface area contributed by atoms with Crippen molar-refractivity contribution in [1.82, 2.24) is 9.42 Å². The Kier molecular flexibility index (Phi) is 2.83. The number of aliphatic hydroxyl groups excluding tert-OH is 1. The first-order chi connectivity index (χ1) is 7.37. The molecule has 0 aliphatic carbocycles. The van der Waals surface area contributed by atoms with Gasteiger partial charge in [0.25, 0.3) is 10.0 Å². The molecule has 0 bridgehead atoms. The van der Waals surface area contributed by atoms with Gasteiger partial charge in [-0.3, -0.25) is 0 Å². The highest BCUT2D eigenvalue weighted by molar-refractivity contribution is 9.10. The van der Waals surface area contributed by atoms with Crippen LogP contribution in [0.2, 0.25) is 0 Å². The maximum atomic E-state index is 12.1. The van der Waals surface area contributed by atoms with Gasteiger partial charge in [0.05, 0.1) is 0 Å². The van der Waals surface area contributed by atoms with Crippen LogP contribution in [0.4, 0.5) is 0 Å². The molecule has 0 aromatic heterocycles. The van der Waals surface area contributed by atoms with E-state index in [1.54, 1.807) is 18.2 Å². The minimum Gasteiger partial charge on any atom is -0.373 e. The second-order valence-corrected chi connectivity index (χ2v) is 6.29. The number of fused-ring (bicyclic) bond motifs is 1. The smallest absolute Gasteiger partial charge is 0.257 e. The van der Waals surface area contributed by atoms with Crippen LogP contribution in [0.25, 0.3) is 0 Å². The molecule has 1 atom stereocenters. The molecule has 0 radical (unpaired) electrons. The Morgan fingerprint density at radius 2 is 2.00 bits per heavy atom. The van der Waals surface area contributed by atoms with Gasteiger partial charge in [-0.1, -0.05) is 12.1 Å². The van der Waals surface area contributed by atoms with Crippen molar-refractivity contribution >= 4 is 26.0 Å². The molecule has 0 amide bonds. The van der Waals surface area contributed by atoms with Gasteiger partial charge in [0.2, 0.25) is 0 Å². The van der Waals surface area contributed by atoms with Crippen LogP contribution in [0.15, 0.2) is 27.6 Å². The fraction of sp³-hybridized carbons (Fsp3) is 0.333. The Hall–Kier alpha value is -0.470. The number of rotatable bonds is 0. The second-order valence-electron chi connectivity index (χ2n) is 3.54. The maximum Gasteiger partial charge on any atom is 0.257 e. The molecule has 1 N–H and O–H groups in total. The summed E-state index contributed by atoms with van der Waals surface area (Å²) in [6.07, 6.45) is -0.957. The summed E-state index contributed by atoms with van der Waals surface area (Å²) in [6, 6.07) is 4.94. The van der Waals surface area contributed by atoms with E-state index < -0.39 is 16.3 Å². The van der Waals surface area contributed by atoms with E-state index >= 15 is 0 Å². The summed E-state index contributed by atoms with van der Waals surface area (Å²) >= 11 is 3.20. The van der Waals surface area contributed by atoms with Crippen molar-refractivity contribution in [3.63, 3.8) is 0 Å². The molecule has 16 heavy (non-hydrogen) atoms. The third-order valence-electron chi connectivity index (χ3n) is 2.68. The highest BCUT2D eigenvalue weighted by Crippen LogP contribution is 2.37. The minimum atomic E-state index is -3.58. The topological polar surface area (TPSA) is 60.9 Å². The lowest BCUT2D eigenvalue weighted by Crippen LogP contribution is -2.47. The predicted molar refractivity (Wildman–Crippen MR) is 61.8 cm³/mol. The number of benzene rings is 1. The maximum absolute atomic E-state index is 12.1. The molecule has 1 aliphatic rings. The minimum absolute atomic E-state index is 0.128. The highest BCUT2D eigenvalue weighted by atomic mass is 79.9. The first-order valence-corrected chi connectivity index (χ1v) is 6.79. The van der Waals surface area contributed by atoms with Crippen LogP contribution in [0.5, 0.6) is 0 Å². The van der Waals surface area contributed by atoms with E-state index in [1.165, 1.54) is 19.1 Å². The molecule has 0 saturated carbocycles. The molecule has 1 aromatic rings. The number of hydrazine groups is 1. The number of hydrogen-bond donors (Lipinski definition) is 1. The van der Waals surface area contributed by atoms with Crippen LogP contribution in [0, 0.1) is 0 Å². The second kappa shape index (κ2) is 3.78. The molecule has 0 spiro atoms. The van der Waals surface area contributed by atoms with Gasteiger partial charge in [-0.25, -0.2) is 8.42 Å². The summed E-state index contributed by atoms with van der Waals surface area (Å²) in [7, 11) is -0.658. The fourth-order valence-corrected chi connectivity index (χ4v) is 4.13. The van der Waals surface area contributed by atoms with Crippen LogP contribution < -0.4 is 0 Å². The standard InChI is InChI=1S/C9H11BrN2O3S/c1-11-9(13)6-4-3-5-7(10)8(6)16(14,15)12(11)2/h3-5,9,13H,1-2H3. The fourth-order valence-electron chi connectivity index (χ4n) is 1.66. The van der Waals surface area contributed by atoms with Gasteiger partial charge in [0.1, 0.15) is 11.1 Å². The van der Waals surface area contributed by atoms with Gasteiger partial charge >= 0.3 is 0 Å². The SMILES string of the molecule is CN1C(O)c2cccc(Br)c2S(=O)(=O)N1C. The molecule has 88 valence electrons. The third kappa shape index (κ3) is 1.51. The Morgan fingerprint density at radius 3 is 2.62 bits per heavy atom. The lowest BCUT2D eigenvalue weighted by molar-refractivity contribution is -0.0740. The highest BCUT2D eigenvalue weighted by Gasteiger charge is 2.39. The van der Waals surface area contributed by atoms with Gasteiger partial charge in [-0.15, -0.1) is 4.41 Å². The van der Waals surface area contributed by atoms with Crippen molar-refractivity contribution in [3.05, 3.63) is 28.2 Å². The Balaban J connectivity index is 2.80.